The quantitative estimate of drug-likeness (QED) is 0.572. The number of amides is 2. The molecule has 2 amide bonds. The van der Waals surface area contributed by atoms with E-state index in [9.17, 15) is 31.6 Å². The average Bonchev–Trinajstić information content (AvgIpc) is 3.12. The standard InChI is InChI=1S/C24H25F2N3O7S/c1-35-19-11-14-6-9-29(23(31)15-4-5-17(25)18(26)10-15)22(24(32)36-2)16(14)12-20(19)37(33,34)28-8-3-7-27-21(30)13-28/h4-5,10-12,22H,3,6-9,13H2,1-2H3,(H,27,30). The zero-order valence-electron chi connectivity index (χ0n) is 20.1. The zero-order valence-corrected chi connectivity index (χ0v) is 20.9. The molecule has 0 radical (unpaired) electrons. The molecule has 1 atom stereocenters. The zero-order chi connectivity index (χ0) is 26.9. The summed E-state index contributed by atoms with van der Waals surface area (Å²) in [6.07, 6.45) is 0.626. The van der Waals surface area contributed by atoms with Gasteiger partial charge in [-0.2, -0.15) is 4.31 Å². The van der Waals surface area contributed by atoms with Gasteiger partial charge in [-0.3, -0.25) is 9.59 Å². The Bertz CT molecular complexity index is 1370. The molecule has 0 aliphatic carbocycles. The first-order valence-electron chi connectivity index (χ1n) is 11.4. The molecular weight excluding hydrogens is 512 g/mol. The first kappa shape index (κ1) is 26.5. The van der Waals surface area contributed by atoms with Crippen LogP contribution in [-0.4, -0.2) is 75.8 Å². The van der Waals surface area contributed by atoms with Crippen molar-refractivity contribution >= 4 is 27.8 Å². The van der Waals surface area contributed by atoms with Crippen LogP contribution in [-0.2, 0) is 30.8 Å². The van der Waals surface area contributed by atoms with Crippen LogP contribution in [0.4, 0.5) is 8.78 Å². The number of sulfonamides is 1. The molecule has 198 valence electrons. The summed E-state index contributed by atoms with van der Waals surface area (Å²) in [5.41, 5.74) is 0.551. The molecule has 0 bridgehead atoms. The van der Waals surface area contributed by atoms with Crippen LogP contribution >= 0.6 is 0 Å². The molecule has 13 heteroatoms. The predicted molar refractivity (Wildman–Crippen MR) is 125 cm³/mol. The maximum absolute atomic E-state index is 13.8. The van der Waals surface area contributed by atoms with Crippen molar-refractivity contribution < 1.29 is 41.1 Å². The molecule has 37 heavy (non-hydrogen) atoms. The lowest BCUT2D eigenvalue weighted by molar-refractivity contribution is -0.146. The van der Waals surface area contributed by atoms with Gasteiger partial charge in [0.2, 0.25) is 15.9 Å². The lowest BCUT2D eigenvalue weighted by Crippen LogP contribution is -2.44. The van der Waals surface area contributed by atoms with E-state index in [0.29, 0.717) is 18.5 Å². The summed E-state index contributed by atoms with van der Waals surface area (Å²) < 4.78 is 65.7. The van der Waals surface area contributed by atoms with Crippen molar-refractivity contribution in [2.24, 2.45) is 0 Å². The maximum Gasteiger partial charge on any atom is 0.333 e. The number of halogens is 2. The monoisotopic (exact) mass is 537 g/mol. The van der Waals surface area contributed by atoms with Gasteiger partial charge in [-0.25, -0.2) is 22.0 Å². The number of ether oxygens (including phenoxy) is 2. The molecule has 1 saturated heterocycles. The second-order valence-corrected chi connectivity index (χ2v) is 10.5. The van der Waals surface area contributed by atoms with E-state index in [0.717, 1.165) is 34.5 Å². The Morgan fingerprint density at radius 2 is 1.84 bits per heavy atom. The van der Waals surface area contributed by atoms with Gasteiger partial charge < -0.3 is 19.7 Å². The van der Waals surface area contributed by atoms with E-state index in [-0.39, 0.29) is 47.8 Å². The molecule has 1 unspecified atom stereocenters. The molecule has 2 aromatic rings. The van der Waals surface area contributed by atoms with Gasteiger partial charge >= 0.3 is 5.97 Å². The number of esters is 1. The van der Waals surface area contributed by atoms with Crippen LogP contribution < -0.4 is 10.1 Å². The number of benzene rings is 2. The number of hydrogen-bond acceptors (Lipinski definition) is 7. The lowest BCUT2D eigenvalue weighted by atomic mass is 9.91. The number of hydrogen-bond donors (Lipinski definition) is 1. The minimum atomic E-state index is -4.25. The number of carbonyl (C=O) groups excluding carboxylic acids is 3. The second kappa shape index (κ2) is 10.4. The lowest BCUT2D eigenvalue weighted by Gasteiger charge is -2.36. The van der Waals surface area contributed by atoms with Crippen LogP contribution in [0.15, 0.2) is 35.2 Å². The summed E-state index contributed by atoms with van der Waals surface area (Å²) in [6, 6.07) is 4.00. The highest BCUT2D eigenvalue weighted by Gasteiger charge is 2.40. The van der Waals surface area contributed by atoms with Gasteiger partial charge in [0.15, 0.2) is 17.7 Å². The van der Waals surface area contributed by atoms with Crippen molar-refractivity contribution in [2.45, 2.75) is 23.8 Å². The molecule has 0 saturated carbocycles. The van der Waals surface area contributed by atoms with Crippen LogP contribution in [0.5, 0.6) is 5.75 Å². The predicted octanol–water partition coefficient (Wildman–Crippen LogP) is 1.40. The van der Waals surface area contributed by atoms with Crippen LogP contribution in [0, 0.1) is 11.6 Å². The minimum absolute atomic E-state index is 0.0200. The summed E-state index contributed by atoms with van der Waals surface area (Å²) in [5.74, 6) is -4.39. The van der Waals surface area contributed by atoms with E-state index in [2.05, 4.69) is 5.32 Å². The van der Waals surface area contributed by atoms with Gasteiger partial charge in [0, 0.05) is 25.2 Å². The van der Waals surface area contributed by atoms with Gasteiger partial charge in [-0.1, -0.05) is 0 Å². The second-order valence-electron chi connectivity index (χ2n) is 8.55. The number of methoxy groups -OCH3 is 2. The molecule has 0 aromatic heterocycles. The van der Waals surface area contributed by atoms with Crippen molar-refractivity contribution in [1.82, 2.24) is 14.5 Å². The SMILES string of the molecule is COC(=O)C1c2cc(S(=O)(=O)N3CCCNC(=O)C3)c(OC)cc2CCN1C(=O)c1ccc(F)c(F)c1. The van der Waals surface area contributed by atoms with E-state index in [4.69, 9.17) is 9.47 Å². The Morgan fingerprint density at radius 1 is 1.08 bits per heavy atom. The topological polar surface area (TPSA) is 122 Å². The van der Waals surface area contributed by atoms with E-state index in [1.54, 1.807) is 0 Å². The summed E-state index contributed by atoms with van der Waals surface area (Å²) in [5, 5.41) is 2.62. The van der Waals surface area contributed by atoms with Crippen LogP contribution in [0.25, 0.3) is 0 Å². The number of rotatable bonds is 5. The van der Waals surface area contributed by atoms with Gasteiger partial charge in [0.25, 0.3) is 5.91 Å². The Labute approximate surface area is 212 Å². The molecular formula is C24H25F2N3O7S. The van der Waals surface area contributed by atoms with E-state index in [1.807, 2.05) is 0 Å². The fourth-order valence-corrected chi connectivity index (χ4v) is 6.10. The number of fused-ring (bicyclic) bond motifs is 1. The smallest absolute Gasteiger partial charge is 0.333 e. The fraction of sp³-hybridized carbons (Fsp3) is 0.375. The number of carbonyl (C=O) groups is 3. The maximum atomic E-state index is 13.8. The van der Waals surface area contributed by atoms with Gasteiger partial charge in [-0.15, -0.1) is 0 Å². The summed E-state index contributed by atoms with van der Waals surface area (Å²) in [6.45, 7) is 0.0516. The normalized spacial score (nSPS) is 18.4. The van der Waals surface area contributed by atoms with E-state index >= 15 is 0 Å². The Hall–Kier alpha value is -3.58. The van der Waals surface area contributed by atoms with Crippen molar-refractivity contribution in [3.63, 3.8) is 0 Å². The first-order chi connectivity index (χ1) is 17.6. The highest BCUT2D eigenvalue weighted by Crippen LogP contribution is 2.38. The molecule has 10 nitrogen and oxygen atoms in total. The van der Waals surface area contributed by atoms with Gasteiger partial charge in [0.1, 0.15) is 10.6 Å². The molecule has 2 aliphatic rings. The highest BCUT2D eigenvalue weighted by atomic mass is 32.2. The molecule has 1 N–H and O–H groups in total. The van der Waals surface area contributed by atoms with E-state index < -0.39 is 45.5 Å². The third kappa shape index (κ3) is 5.01. The Morgan fingerprint density at radius 3 is 2.51 bits per heavy atom. The van der Waals surface area contributed by atoms with Crippen LogP contribution in [0.2, 0.25) is 0 Å². The Kier molecular flexibility index (Phi) is 7.46. The van der Waals surface area contributed by atoms with Crippen molar-refractivity contribution in [3.05, 3.63) is 58.7 Å². The third-order valence-electron chi connectivity index (χ3n) is 6.35. The fourth-order valence-electron chi connectivity index (χ4n) is 4.49. The van der Waals surface area contributed by atoms with E-state index in [1.165, 1.54) is 19.2 Å². The number of nitrogens with one attached hydrogen (secondary N) is 1. The van der Waals surface area contributed by atoms with Gasteiger partial charge in [0.05, 0.1) is 20.8 Å². The van der Waals surface area contributed by atoms with Crippen LogP contribution in [0.1, 0.15) is 33.9 Å². The summed E-state index contributed by atoms with van der Waals surface area (Å²) in [4.78, 5) is 39.1. The minimum Gasteiger partial charge on any atom is -0.495 e. The van der Waals surface area contributed by atoms with Crippen LogP contribution in [0.3, 0.4) is 0 Å². The molecule has 2 heterocycles. The number of nitrogens with zero attached hydrogens (tertiary/aromatic N) is 2. The largest absolute Gasteiger partial charge is 0.495 e. The average molecular weight is 538 g/mol. The van der Waals surface area contributed by atoms with Crippen molar-refractivity contribution in [1.29, 1.82) is 0 Å². The summed E-state index contributed by atoms with van der Waals surface area (Å²) in [7, 11) is -1.83. The first-order valence-corrected chi connectivity index (χ1v) is 12.8. The highest BCUT2D eigenvalue weighted by molar-refractivity contribution is 7.89. The van der Waals surface area contributed by atoms with Crippen molar-refractivity contribution in [2.75, 3.05) is 40.4 Å². The molecule has 0 spiro atoms. The molecule has 2 aliphatic heterocycles. The van der Waals surface area contributed by atoms with Crippen molar-refractivity contribution in [3.8, 4) is 5.75 Å². The molecule has 2 aromatic carbocycles. The van der Waals surface area contributed by atoms with Gasteiger partial charge in [-0.05, 0) is 54.3 Å². The Balaban J connectivity index is 1.81. The molecule has 1 fully saturated rings. The summed E-state index contributed by atoms with van der Waals surface area (Å²) >= 11 is 0. The third-order valence-corrected chi connectivity index (χ3v) is 8.22. The molecule has 4 rings (SSSR count).